The summed E-state index contributed by atoms with van der Waals surface area (Å²) >= 11 is 3.53. The third-order valence-corrected chi connectivity index (χ3v) is 4.13. The minimum atomic E-state index is 0.839. The maximum Gasteiger partial charge on any atom is 0.0178 e. The lowest BCUT2D eigenvalue weighted by Crippen LogP contribution is -2.37. The molecule has 1 fully saturated rings. The molecule has 1 aliphatic rings. The zero-order valence-corrected chi connectivity index (χ0v) is 12.7. The Bertz CT molecular complexity index is 361. The van der Waals surface area contributed by atoms with Crippen LogP contribution in [0.15, 0.2) is 28.7 Å². The molecule has 1 unspecified atom stereocenters. The molecule has 2 rings (SSSR count). The Morgan fingerprint density at radius 1 is 1.44 bits per heavy atom. The average molecular weight is 311 g/mol. The van der Waals surface area contributed by atoms with E-state index >= 15 is 0 Å². The molecule has 2 nitrogen and oxygen atoms in total. The van der Waals surface area contributed by atoms with E-state index in [-0.39, 0.29) is 0 Å². The van der Waals surface area contributed by atoms with Crippen LogP contribution in [-0.2, 0) is 6.42 Å². The first kappa shape index (κ1) is 14.0. The van der Waals surface area contributed by atoms with Gasteiger partial charge in [0.2, 0.25) is 0 Å². The van der Waals surface area contributed by atoms with Crippen molar-refractivity contribution in [3.05, 3.63) is 34.3 Å². The van der Waals surface area contributed by atoms with E-state index in [0.717, 1.165) is 18.9 Å². The maximum atomic E-state index is 3.53. The van der Waals surface area contributed by atoms with Gasteiger partial charge in [0.15, 0.2) is 0 Å². The fourth-order valence-electron chi connectivity index (χ4n) is 2.62. The van der Waals surface area contributed by atoms with Crippen molar-refractivity contribution in [3.8, 4) is 0 Å². The third kappa shape index (κ3) is 4.71. The largest absolute Gasteiger partial charge is 0.316 e. The molecule has 3 heteroatoms. The molecule has 0 radical (unpaired) electrons. The summed E-state index contributed by atoms with van der Waals surface area (Å²) in [4.78, 5) is 2.47. The number of benzene rings is 1. The molecule has 1 heterocycles. The van der Waals surface area contributed by atoms with Crippen LogP contribution in [0.4, 0.5) is 0 Å². The predicted molar refractivity (Wildman–Crippen MR) is 80.9 cm³/mol. The van der Waals surface area contributed by atoms with Crippen LogP contribution in [0, 0.1) is 5.92 Å². The van der Waals surface area contributed by atoms with Gasteiger partial charge in [0.25, 0.3) is 0 Å². The second kappa shape index (κ2) is 7.27. The summed E-state index contributed by atoms with van der Waals surface area (Å²) in [6, 6.07) is 8.63. The summed E-state index contributed by atoms with van der Waals surface area (Å²) in [6.07, 6.45) is 3.86. The number of nitrogens with one attached hydrogen (secondary N) is 1. The molecule has 0 bridgehead atoms. The second-order valence-electron chi connectivity index (χ2n) is 5.35. The highest BCUT2D eigenvalue weighted by Gasteiger charge is 2.14. The molecule has 1 aromatic carbocycles. The first-order chi connectivity index (χ1) is 8.74. The van der Waals surface area contributed by atoms with Crippen molar-refractivity contribution in [2.24, 2.45) is 5.92 Å². The Balaban J connectivity index is 1.72. The first-order valence-corrected chi connectivity index (χ1v) is 7.67. The van der Waals surface area contributed by atoms with Gasteiger partial charge in [-0.2, -0.15) is 0 Å². The van der Waals surface area contributed by atoms with Crippen molar-refractivity contribution in [1.29, 1.82) is 0 Å². The van der Waals surface area contributed by atoms with E-state index in [4.69, 9.17) is 0 Å². The van der Waals surface area contributed by atoms with Gasteiger partial charge in [-0.25, -0.2) is 0 Å². The minimum Gasteiger partial charge on any atom is -0.316 e. The molecule has 0 spiro atoms. The monoisotopic (exact) mass is 310 g/mol. The minimum absolute atomic E-state index is 0.839. The van der Waals surface area contributed by atoms with Crippen molar-refractivity contribution in [3.63, 3.8) is 0 Å². The molecule has 1 N–H and O–H groups in total. The fourth-order valence-corrected chi connectivity index (χ4v) is 3.07. The highest BCUT2D eigenvalue weighted by Crippen LogP contribution is 2.14. The van der Waals surface area contributed by atoms with Gasteiger partial charge >= 0.3 is 0 Å². The Morgan fingerprint density at radius 3 is 3.06 bits per heavy atom. The van der Waals surface area contributed by atoms with Gasteiger partial charge in [0.05, 0.1) is 0 Å². The van der Waals surface area contributed by atoms with Crippen LogP contribution in [-0.4, -0.2) is 38.1 Å². The van der Waals surface area contributed by atoms with Gasteiger partial charge in [-0.3, -0.25) is 0 Å². The summed E-state index contributed by atoms with van der Waals surface area (Å²) in [5.41, 5.74) is 1.41. The van der Waals surface area contributed by atoms with Gasteiger partial charge in [0, 0.05) is 17.6 Å². The van der Waals surface area contributed by atoms with Crippen molar-refractivity contribution >= 4 is 15.9 Å². The summed E-state index contributed by atoms with van der Waals surface area (Å²) in [5.74, 6) is 0.839. The number of piperidine rings is 1. The zero-order chi connectivity index (χ0) is 12.8. The Morgan fingerprint density at radius 2 is 2.33 bits per heavy atom. The number of hydrogen-bond donors (Lipinski definition) is 1. The third-order valence-electron chi connectivity index (χ3n) is 3.64. The van der Waals surface area contributed by atoms with Crippen LogP contribution < -0.4 is 5.32 Å². The molecule has 1 aliphatic heterocycles. The lowest BCUT2D eigenvalue weighted by atomic mass is 9.99. The topological polar surface area (TPSA) is 15.3 Å². The normalized spacial score (nSPS) is 20.3. The van der Waals surface area contributed by atoms with E-state index in [1.807, 2.05) is 0 Å². The van der Waals surface area contributed by atoms with E-state index in [1.54, 1.807) is 0 Å². The van der Waals surface area contributed by atoms with Crippen molar-refractivity contribution in [2.45, 2.75) is 19.3 Å². The Labute approximate surface area is 119 Å². The fraction of sp³-hybridized carbons (Fsp3) is 0.600. The highest BCUT2D eigenvalue weighted by atomic mass is 79.9. The van der Waals surface area contributed by atoms with E-state index < -0.39 is 0 Å². The first-order valence-electron chi connectivity index (χ1n) is 6.88. The van der Waals surface area contributed by atoms with E-state index in [1.165, 1.54) is 42.5 Å². The van der Waals surface area contributed by atoms with Gasteiger partial charge in [0.1, 0.15) is 0 Å². The number of rotatable bonds is 5. The molecule has 18 heavy (non-hydrogen) atoms. The van der Waals surface area contributed by atoms with Crippen LogP contribution in [0.2, 0.25) is 0 Å². The quantitative estimate of drug-likeness (QED) is 0.899. The number of halogens is 1. The molecular formula is C15H23BrN2. The van der Waals surface area contributed by atoms with E-state index in [0.29, 0.717) is 0 Å². The Hall–Kier alpha value is -0.380. The molecule has 0 aromatic heterocycles. The second-order valence-corrected chi connectivity index (χ2v) is 6.27. The Kier molecular flexibility index (Phi) is 5.67. The lowest BCUT2D eigenvalue weighted by molar-refractivity contribution is 0.245. The molecule has 0 saturated carbocycles. The number of hydrogen-bond acceptors (Lipinski definition) is 2. The molecular weight excluding hydrogens is 288 g/mol. The van der Waals surface area contributed by atoms with E-state index in [9.17, 15) is 0 Å². The molecule has 0 amide bonds. The molecule has 100 valence electrons. The summed E-state index contributed by atoms with van der Waals surface area (Å²) in [6.45, 7) is 4.77. The number of likely N-dealkylation sites (N-methyl/N-ethyl adjacent to an activating group) is 1. The van der Waals surface area contributed by atoms with Gasteiger partial charge < -0.3 is 10.2 Å². The van der Waals surface area contributed by atoms with Crippen molar-refractivity contribution in [2.75, 3.05) is 33.2 Å². The average Bonchev–Trinajstić information content (AvgIpc) is 2.38. The molecule has 1 saturated heterocycles. The van der Waals surface area contributed by atoms with Crippen LogP contribution in [0.5, 0.6) is 0 Å². The maximum absolute atomic E-state index is 3.53. The predicted octanol–water partition coefficient (Wildman–Crippen LogP) is 2.92. The van der Waals surface area contributed by atoms with Crippen molar-refractivity contribution < 1.29 is 0 Å². The summed E-state index contributed by atoms with van der Waals surface area (Å²) in [5, 5.41) is 3.49. The highest BCUT2D eigenvalue weighted by molar-refractivity contribution is 9.10. The molecule has 1 atom stereocenters. The van der Waals surface area contributed by atoms with Crippen LogP contribution >= 0.6 is 15.9 Å². The lowest BCUT2D eigenvalue weighted by Gasteiger charge is -2.27. The van der Waals surface area contributed by atoms with E-state index in [2.05, 4.69) is 57.5 Å². The van der Waals surface area contributed by atoms with Crippen molar-refractivity contribution in [1.82, 2.24) is 10.2 Å². The van der Waals surface area contributed by atoms with Gasteiger partial charge in [-0.1, -0.05) is 28.1 Å². The van der Waals surface area contributed by atoms with Crippen LogP contribution in [0.25, 0.3) is 0 Å². The van der Waals surface area contributed by atoms with Crippen LogP contribution in [0.1, 0.15) is 18.4 Å². The summed E-state index contributed by atoms with van der Waals surface area (Å²) < 4.78 is 1.18. The zero-order valence-electron chi connectivity index (χ0n) is 11.2. The smallest absolute Gasteiger partial charge is 0.0178 e. The van der Waals surface area contributed by atoms with Gasteiger partial charge in [-0.15, -0.1) is 0 Å². The molecule has 1 aromatic rings. The standard InChI is InChI=1S/C15H23BrN2/c1-18(12-14-5-3-8-17-11-14)9-7-13-4-2-6-15(16)10-13/h2,4,6,10,14,17H,3,5,7-9,11-12H2,1H3. The number of nitrogens with zero attached hydrogens (tertiary/aromatic N) is 1. The SMILES string of the molecule is CN(CCc1cccc(Br)c1)CC1CCCNC1. The molecule has 0 aliphatic carbocycles. The summed E-state index contributed by atoms with van der Waals surface area (Å²) in [7, 11) is 2.24. The van der Waals surface area contributed by atoms with Gasteiger partial charge in [-0.05, 0) is 63.0 Å². The van der Waals surface area contributed by atoms with Crippen LogP contribution in [0.3, 0.4) is 0 Å².